The highest BCUT2D eigenvalue weighted by molar-refractivity contribution is 5.76. The first kappa shape index (κ1) is 25.5. The Hall–Kier alpha value is -4.82. The van der Waals surface area contributed by atoms with Crippen molar-refractivity contribution < 1.29 is 0 Å². The van der Waals surface area contributed by atoms with E-state index in [2.05, 4.69) is 175 Å². The molecule has 5 aromatic rings. The summed E-state index contributed by atoms with van der Waals surface area (Å²) < 4.78 is 0. The third kappa shape index (κ3) is 5.48. The Bertz CT molecular complexity index is 1630. The summed E-state index contributed by atoms with van der Waals surface area (Å²) in [6, 6.07) is 46.2. The van der Waals surface area contributed by atoms with E-state index in [4.69, 9.17) is 0 Å². The molecule has 1 aliphatic rings. The molecule has 0 saturated heterocycles. The van der Waals surface area contributed by atoms with Crippen LogP contribution in [0.15, 0.2) is 152 Å². The second-order valence-electron chi connectivity index (χ2n) is 10.4. The van der Waals surface area contributed by atoms with Gasteiger partial charge >= 0.3 is 0 Å². The minimum Gasteiger partial charge on any atom is -0.345 e. The van der Waals surface area contributed by atoms with E-state index in [0.717, 1.165) is 6.42 Å². The lowest BCUT2D eigenvalue weighted by Gasteiger charge is -2.33. The highest BCUT2D eigenvalue weighted by Gasteiger charge is 2.19. The van der Waals surface area contributed by atoms with Crippen LogP contribution in [0.2, 0.25) is 0 Å². The van der Waals surface area contributed by atoms with Gasteiger partial charge in [0.05, 0.1) is 6.04 Å². The van der Waals surface area contributed by atoms with E-state index in [1.165, 1.54) is 50.6 Å². The van der Waals surface area contributed by atoms with E-state index in [1.807, 2.05) is 0 Å². The number of hydrogen-bond donors (Lipinski definition) is 0. The first-order valence-electron chi connectivity index (χ1n) is 13.9. The normalized spacial score (nSPS) is 14.2. The monoisotopic (exact) mass is 518 g/mol. The van der Waals surface area contributed by atoms with Gasteiger partial charge in [0, 0.05) is 29.8 Å². The zero-order valence-electron chi connectivity index (χ0n) is 23.1. The summed E-state index contributed by atoms with van der Waals surface area (Å²) >= 11 is 0. The van der Waals surface area contributed by atoms with Gasteiger partial charge in [-0.3, -0.25) is 0 Å². The van der Waals surface area contributed by atoms with Crippen LogP contribution in [-0.2, 0) is 0 Å². The second kappa shape index (κ2) is 11.5. The molecule has 5 aromatic carbocycles. The van der Waals surface area contributed by atoms with Gasteiger partial charge in [0.2, 0.25) is 0 Å². The van der Waals surface area contributed by atoms with E-state index in [1.54, 1.807) is 0 Å². The third-order valence-corrected chi connectivity index (χ3v) is 7.64. The van der Waals surface area contributed by atoms with Gasteiger partial charge < -0.3 is 9.80 Å². The lowest BCUT2D eigenvalue weighted by molar-refractivity contribution is 0.785. The molecule has 2 nitrogen and oxygen atoms in total. The first-order chi connectivity index (χ1) is 19.7. The molecule has 1 atom stereocenters. The molecule has 196 valence electrons. The van der Waals surface area contributed by atoms with Crippen molar-refractivity contribution in [1.29, 1.82) is 0 Å². The average molecular weight is 519 g/mol. The number of aryl methyl sites for hydroxylation is 1. The molecule has 0 saturated carbocycles. The molecule has 0 bridgehead atoms. The standard InChI is InChI=1S/C38H34N2/c1-29-11-9-17-37(27-29)39(2)34-23-19-31(20-24-34)32-21-25-36(26-22-32)40(35-15-7-4-8-16-35)38-18-10-14-33(28-38)30-12-5-3-6-13-30/h3-15,17-28,35H,16H2,1-2H3. The van der Waals surface area contributed by atoms with E-state index < -0.39 is 0 Å². The van der Waals surface area contributed by atoms with Gasteiger partial charge in [-0.2, -0.15) is 0 Å². The van der Waals surface area contributed by atoms with Gasteiger partial charge in [0.25, 0.3) is 0 Å². The van der Waals surface area contributed by atoms with Gasteiger partial charge in [-0.05, 0) is 89.7 Å². The largest absolute Gasteiger partial charge is 0.345 e. The smallest absolute Gasteiger partial charge is 0.0559 e. The number of benzene rings is 5. The molecular formula is C38H34N2. The predicted molar refractivity (Wildman–Crippen MR) is 172 cm³/mol. The number of nitrogens with zero attached hydrogens (tertiary/aromatic N) is 2. The van der Waals surface area contributed by atoms with Gasteiger partial charge in [-0.25, -0.2) is 0 Å². The molecule has 6 rings (SSSR count). The maximum atomic E-state index is 2.45. The summed E-state index contributed by atoms with van der Waals surface area (Å²) in [5, 5.41) is 0. The molecule has 0 fully saturated rings. The molecule has 0 radical (unpaired) electrons. The predicted octanol–water partition coefficient (Wildman–Crippen LogP) is 10.1. The molecule has 0 spiro atoms. The summed E-state index contributed by atoms with van der Waals surface area (Å²) in [5.41, 5.74) is 10.9. The second-order valence-corrected chi connectivity index (χ2v) is 10.4. The van der Waals surface area contributed by atoms with Crippen LogP contribution in [-0.4, -0.2) is 13.1 Å². The van der Waals surface area contributed by atoms with Crippen LogP contribution in [0.1, 0.15) is 12.0 Å². The fourth-order valence-electron chi connectivity index (χ4n) is 5.43. The molecule has 0 N–H and O–H groups in total. The molecule has 40 heavy (non-hydrogen) atoms. The molecule has 0 aromatic heterocycles. The fourth-order valence-corrected chi connectivity index (χ4v) is 5.43. The molecular weight excluding hydrogens is 484 g/mol. The molecule has 0 amide bonds. The third-order valence-electron chi connectivity index (χ3n) is 7.64. The summed E-state index contributed by atoms with van der Waals surface area (Å²) in [5.74, 6) is 0. The van der Waals surface area contributed by atoms with Crippen molar-refractivity contribution in [3.8, 4) is 22.3 Å². The highest BCUT2D eigenvalue weighted by Crippen LogP contribution is 2.35. The maximum absolute atomic E-state index is 2.45. The topological polar surface area (TPSA) is 6.48 Å². The van der Waals surface area contributed by atoms with E-state index >= 15 is 0 Å². The Morgan fingerprint density at radius 3 is 1.82 bits per heavy atom. The average Bonchev–Trinajstić information content (AvgIpc) is 3.02. The van der Waals surface area contributed by atoms with Gasteiger partial charge in [0.15, 0.2) is 0 Å². The van der Waals surface area contributed by atoms with Crippen LogP contribution in [0.4, 0.5) is 22.7 Å². The van der Waals surface area contributed by atoms with E-state index in [0.29, 0.717) is 0 Å². The van der Waals surface area contributed by atoms with Gasteiger partial charge in [0.1, 0.15) is 0 Å². The zero-order valence-corrected chi connectivity index (χ0v) is 23.1. The molecule has 1 unspecified atom stereocenters. The summed E-state index contributed by atoms with van der Waals surface area (Å²) in [6.07, 6.45) is 9.82. The van der Waals surface area contributed by atoms with Crippen LogP contribution >= 0.6 is 0 Å². The van der Waals surface area contributed by atoms with Crippen molar-refractivity contribution in [3.63, 3.8) is 0 Å². The highest BCUT2D eigenvalue weighted by atomic mass is 15.2. The first-order valence-corrected chi connectivity index (χ1v) is 13.9. The minimum atomic E-state index is 0.262. The van der Waals surface area contributed by atoms with Crippen LogP contribution in [0.5, 0.6) is 0 Å². The van der Waals surface area contributed by atoms with Crippen LogP contribution < -0.4 is 9.80 Å². The fraction of sp³-hybridized carbons (Fsp3) is 0.105. The van der Waals surface area contributed by atoms with E-state index in [9.17, 15) is 0 Å². The number of rotatable bonds is 7. The van der Waals surface area contributed by atoms with Crippen molar-refractivity contribution in [3.05, 3.63) is 157 Å². The van der Waals surface area contributed by atoms with Crippen LogP contribution in [0, 0.1) is 6.92 Å². The van der Waals surface area contributed by atoms with E-state index in [-0.39, 0.29) is 6.04 Å². The molecule has 0 aliphatic heterocycles. The van der Waals surface area contributed by atoms with Crippen molar-refractivity contribution >= 4 is 22.7 Å². The summed E-state index contributed by atoms with van der Waals surface area (Å²) in [6.45, 7) is 2.13. The lowest BCUT2D eigenvalue weighted by Crippen LogP contribution is -2.29. The number of allylic oxidation sites excluding steroid dienone is 2. The SMILES string of the molecule is Cc1cccc(N(C)c2ccc(-c3ccc(N(c4cccc(-c5ccccc5)c4)C4C=CC=CC4)cc3)cc2)c1. The maximum Gasteiger partial charge on any atom is 0.0559 e. The Labute approximate surface area is 238 Å². The van der Waals surface area contributed by atoms with Crippen LogP contribution in [0.3, 0.4) is 0 Å². The van der Waals surface area contributed by atoms with Gasteiger partial charge in [-0.15, -0.1) is 0 Å². The van der Waals surface area contributed by atoms with Gasteiger partial charge in [-0.1, -0.05) is 103 Å². The summed E-state index contributed by atoms with van der Waals surface area (Å²) in [7, 11) is 2.12. The number of anilines is 4. The molecule has 0 heterocycles. The quantitative estimate of drug-likeness (QED) is 0.211. The van der Waals surface area contributed by atoms with Crippen molar-refractivity contribution in [2.45, 2.75) is 19.4 Å². The van der Waals surface area contributed by atoms with Crippen molar-refractivity contribution in [2.75, 3.05) is 16.8 Å². The lowest BCUT2D eigenvalue weighted by atomic mass is 10.0. The Balaban J connectivity index is 1.28. The van der Waals surface area contributed by atoms with Crippen molar-refractivity contribution in [1.82, 2.24) is 0 Å². The summed E-state index contributed by atoms with van der Waals surface area (Å²) in [4.78, 5) is 4.68. The molecule has 1 aliphatic carbocycles. The number of hydrogen-bond acceptors (Lipinski definition) is 2. The Kier molecular flexibility index (Phi) is 7.32. The van der Waals surface area contributed by atoms with Crippen molar-refractivity contribution in [2.24, 2.45) is 0 Å². The van der Waals surface area contributed by atoms with Crippen LogP contribution in [0.25, 0.3) is 22.3 Å². The minimum absolute atomic E-state index is 0.262. The molecule has 2 heteroatoms. The zero-order chi connectivity index (χ0) is 27.3. The Morgan fingerprint density at radius 2 is 1.15 bits per heavy atom. The Morgan fingerprint density at radius 1 is 0.525 bits per heavy atom.